The van der Waals surface area contributed by atoms with Crippen LogP contribution in [0.1, 0.15) is 16.0 Å². The molecule has 0 amide bonds. The van der Waals surface area contributed by atoms with Crippen molar-refractivity contribution >= 4 is 45.4 Å². The monoisotopic (exact) mass is 301 g/mol. The molecule has 0 bridgehead atoms. The summed E-state index contributed by atoms with van der Waals surface area (Å²) in [5, 5.41) is 2.64. The van der Waals surface area contributed by atoms with Gasteiger partial charge in [0.05, 0.1) is 4.88 Å². The van der Waals surface area contributed by atoms with Gasteiger partial charge in [-0.25, -0.2) is 9.38 Å². The Morgan fingerprint density at radius 2 is 2.00 bits per heavy atom. The molecule has 0 saturated heterocycles. The average molecular weight is 302 g/mol. The van der Waals surface area contributed by atoms with Gasteiger partial charge in [-0.1, -0.05) is 23.2 Å². The second-order valence-corrected chi connectivity index (χ2v) is 5.62. The Bertz CT molecular complexity index is 619. The summed E-state index contributed by atoms with van der Waals surface area (Å²) in [5.41, 5.74) is 2.08. The Labute approximate surface area is 119 Å². The van der Waals surface area contributed by atoms with Crippen LogP contribution in [-0.4, -0.2) is 5.17 Å². The second-order valence-electron chi connectivity index (χ2n) is 3.94. The molecule has 0 atom stereocenters. The highest BCUT2D eigenvalue weighted by Crippen LogP contribution is 2.27. The van der Waals surface area contributed by atoms with Gasteiger partial charge in [-0.15, -0.1) is 11.3 Å². The third-order valence-corrected chi connectivity index (χ3v) is 4.24. The van der Waals surface area contributed by atoms with Crippen molar-refractivity contribution in [1.82, 2.24) is 0 Å². The molecule has 94 valence electrons. The minimum absolute atomic E-state index is 0.202. The van der Waals surface area contributed by atoms with Gasteiger partial charge in [0.1, 0.15) is 16.7 Å². The molecule has 2 aromatic rings. The number of halogens is 3. The topological polar surface area (TPSA) is 12.4 Å². The van der Waals surface area contributed by atoms with E-state index in [1.807, 2.05) is 18.4 Å². The van der Waals surface area contributed by atoms with Crippen LogP contribution >= 0.6 is 34.5 Å². The van der Waals surface area contributed by atoms with Crippen LogP contribution in [0.3, 0.4) is 0 Å². The Balaban J connectivity index is 2.41. The van der Waals surface area contributed by atoms with E-state index in [9.17, 15) is 4.39 Å². The van der Waals surface area contributed by atoms with Crippen molar-refractivity contribution in [1.29, 1.82) is 0 Å². The van der Waals surface area contributed by atoms with Crippen LogP contribution in [-0.2, 0) is 0 Å². The lowest BCUT2D eigenvalue weighted by molar-refractivity contribution is 0.629. The van der Waals surface area contributed by atoms with E-state index in [1.54, 1.807) is 13.0 Å². The smallest absolute Gasteiger partial charge is 0.150 e. The van der Waals surface area contributed by atoms with E-state index < -0.39 is 5.82 Å². The first-order valence-corrected chi connectivity index (χ1v) is 6.86. The Morgan fingerprint density at radius 3 is 2.61 bits per heavy atom. The van der Waals surface area contributed by atoms with E-state index in [4.69, 9.17) is 23.2 Å². The van der Waals surface area contributed by atoms with Gasteiger partial charge in [-0.2, -0.15) is 0 Å². The van der Waals surface area contributed by atoms with Gasteiger partial charge in [0.2, 0.25) is 0 Å². The van der Waals surface area contributed by atoms with Crippen molar-refractivity contribution < 1.29 is 4.39 Å². The van der Waals surface area contributed by atoms with Crippen molar-refractivity contribution in [3.8, 4) is 0 Å². The van der Waals surface area contributed by atoms with Crippen molar-refractivity contribution in [2.45, 2.75) is 13.8 Å². The van der Waals surface area contributed by atoms with Gasteiger partial charge in [0.15, 0.2) is 0 Å². The van der Waals surface area contributed by atoms with Crippen LogP contribution in [0.2, 0.25) is 5.02 Å². The van der Waals surface area contributed by atoms with Gasteiger partial charge < -0.3 is 0 Å². The quantitative estimate of drug-likeness (QED) is 0.652. The number of aliphatic imine (C=N–C) groups is 1. The molecule has 1 heterocycles. The minimum atomic E-state index is -0.475. The van der Waals surface area contributed by atoms with E-state index in [2.05, 4.69) is 4.99 Å². The molecular weight excluding hydrogens is 292 g/mol. The first-order valence-electron chi connectivity index (χ1n) is 5.22. The summed E-state index contributed by atoms with van der Waals surface area (Å²) in [6, 6.07) is 4.75. The maximum Gasteiger partial charge on any atom is 0.150 e. The van der Waals surface area contributed by atoms with Gasteiger partial charge in [-0.3, -0.25) is 0 Å². The molecule has 0 unspecified atom stereocenters. The van der Waals surface area contributed by atoms with Crippen LogP contribution in [0, 0.1) is 19.7 Å². The zero-order valence-corrected chi connectivity index (χ0v) is 12.1. The van der Waals surface area contributed by atoms with Gasteiger partial charge in [0, 0.05) is 5.02 Å². The Hall–Kier alpha value is -0.900. The number of aryl methyl sites for hydroxylation is 2. The molecule has 1 aromatic heterocycles. The van der Waals surface area contributed by atoms with Crippen molar-refractivity contribution in [2.24, 2.45) is 4.99 Å². The normalized spacial score (nSPS) is 11.9. The van der Waals surface area contributed by atoms with E-state index >= 15 is 0 Å². The maximum absolute atomic E-state index is 13.7. The molecule has 2 rings (SSSR count). The molecule has 0 fully saturated rings. The highest BCUT2D eigenvalue weighted by atomic mass is 35.5. The number of rotatable bonds is 2. The third kappa shape index (κ3) is 2.91. The molecule has 0 aliphatic carbocycles. The molecule has 0 saturated carbocycles. The lowest BCUT2D eigenvalue weighted by Gasteiger charge is -2.02. The Morgan fingerprint density at radius 1 is 1.28 bits per heavy atom. The van der Waals surface area contributed by atoms with Crippen LogP contribution < -0.4 is 0 Å². The lowest BCUT2D eigenvalue weighted by Crippen LogP contribution is -1.88. The largest absolute Gasteiger partial charge is 0.232 e. The Kier molecular flexibility index (Phi) is 4.05. The predicted molar refractivity (Wildman–Crippen MR) is 77.3 cm³/mol. The average Bonchev–Trinajstić information content (AvgIpc) is 2.73. The molecule has 5 heteroatoms. The van der Waals surface area contributed by atoms with Crippen LogP contribution in [0.15, 0.2) is 28.6 Å². The molecule has 0 radical (unpaired) electrons. The molecule has 0 N–H and O–H groups in total. The fraction of sp³-hybridized carbons (Fsp3) is 0.154. The van der Waals surface area contributed by atoms with E-state index in [-0.39, 0.29) is 10.9 Å². The fourth-order valence-corrected chi connectivity index (χ4v) is 2.64. The van der Waals surface area contributed by atoms with Gasteiger partial charge in [0.25, 0.3) is 0 Å². The molecule has 0 aliphatic heterocycles. The fourth-order valence-electron chi connectivity index (χ4n) is 1.43. The summed E-state index contributed by atoms with van der Waals surface area (Å²) in [7, 11) is 0. The van der Waals surface area contributed by atoms with Gasteiger partial charge >= 0.3 is 0 Å². The van der Waals surface area contributed by atoms with Crippen LogP contribution in [0.4, 0.5) is 10.1 Å². The predicted octanol–water partition coefficient (Wildman–Crippen LogP) is 5.47. The SMILES string of the molecule is Cc1csc(C(Cl)=Nc2cc(C)c(Cl)cc2F)c1. The zero-order valence-electron chi connectivity index (χ0n) is 9.80. The van der Waals surface area contributed by atoms with E-state index in [1.165, 1.54) is 17.4 Å². The number of hydrogen-bond donors (Lipinski definition) is 0. The molecule has 18 heavy (non-hydrogen) atoms. The number of hydrogen-bond acceptors (Lipinski definition) is 2. The van der Waals surface area contributed by atoms with Crippen molar-refractivity contribution in [2.75, 3.05) is 0 Å². The second kappa shape index (κ2) is 5.39. The summed E-state index contributed by atoms with van der Waals surface area (Å²) in [6.45, 7) is 3.77. The van der Waals surface area contributed by atoms with Crippen molar-refractivity contribution in [3.05, 3.63) is 50.4 Å². The van der Waals surface area contributed by atoms with Crippen LogP contribution in [0.5, 0.6) is 0 Å². The zero-order chi connectivity index (χ0) is 13.3. The molecule has 1 nitrogen and oxygen atoms in total. The summed E-state index contributed by atoms with van der Waals surface area (Å²) >= 11 is 13.4. The molecule has 0 spiro atoms. The molecule has 0 aliphatic rings. The highest BCUT2D eigenvalue weighted by Gasteiger charge is 2.08. The minimum Gasteiger partial charge on any atom is -0.232 e. The van der Waals surface area contributed by atoms with Crippen molar-refractivity contribution in [3.63, 3.8) is 0 Å². The first-order chi connectivity index (χ1) is 8.47. The summed E-state index contributed by atoms with van der Waals surface area (Å²) in [4.78, 5) is 4.92. The molecular formula is C13H10Cl2FNS. The maximum atomic E-state index is 13.7. The summed E-state index contributed by atoms with van der Waals surface area (Å²) in [5.74, 6) is -0.475. The lowest BCUT2D eigenvalue weighted by atomic mass is 10.2. The third-order valence-electron chi connectivity index (χ3n) is 2.38. The number of thiophene rings is 1. The van der Waals surface area contributed by atoms with E-state index in [0.717, 1.165) is 16.0 Å². The van der Waals surface area contributed by atoms with Gasteiger partial charge in [-0.05, 0) is 48.6 Å². The highest BCUT2D eigenvalue weighted by molar-refractivity contribution is 7.14. The summed E-state index contributed by atoms with van der Waals surface area (Å²) in [6.07, 6.45) is 0. The van der Waals surface area contributed by atoms with E-state index in [0.29, 0.717) is 5.02 Å². The number of benzene rings is 1. The summed E-state index contributed by atoms with van der Waals surface area (Å²) < 4.78 is 13.7. The first kappa shape index (κ1) is 13.5. The number of nitrogens with zero attached hydrogens (tertiary/aromatic N) is 1. The van der Waals surface area contributed by atoms with Crippen LogP contribution in [0.25, 0.3) is 0 Å². The standard InChI is InChI=1S/C13H10Cl2FNS/c1-7-3-12(18-6-7)13(15)17-11-4-8(2)9(14)5-10(11)16/h3-6H,1-2H3. The molecule has 1 aromatic carbocycles.